The molecule has 0 amide bonds. The zero-order chi connectivity index (χ0) is 11.7. The molecule has 2 aliphatic heterocycles. The molecule has 1 aromatic heterocycles. The molecule has 90 valence electrons. The van der Waals surface area contributed by atoms with Crippen LogP contribution in [0.25, 0.3) is 0 Å². The Kier molecular flexibility index (Phi) is 2.52. The fraction of sp³-hybridized carbons (Fsp3) is 0.500. The lowest BCUT2D eigenvalue weighted by Crippen LogP contribution is -2.44. The van der Waals surface area contributed by atoms with Gasteiger partial charge < -0.3 is 20.9 Å². The van der Waals surface area contributed by atoms with Crippen molar-refractivity contribution in [3.8, 4) is 0 Å². The van der Waals surface area contributed by atoms with Crippen LogP contribution in [0.5, 0.6) is 0 Å². The molecule has 0 saturated carbocycles. The predicted molar refractivity (Wildman–Crippen MR) is 64.2 cm³/mol. The maximum absolute atomic E-state index is 10.8. The second-order valence-corrected chi connectivity index (χ2v) is 4.06. The molecule has 1 unspecified atom stereocenters. The lowest BCUT2D eigenvalue weighted by atomic mass is 10.3. The van der Waals surface area contributed by atoms with Gasteiger partial charge in [0.15, 0.2) is 24.1 Å². The largest absolute Gasteiger partial charge is 0.353 e. The molecule has 17 heavy (non-hydrogen) atoms. The third-order valence-corrected chi connectivity index (χ3v) is 2.97. The number of carbonyl (C=O) groups is 1. The van der Waals surface area contributed by atoms with Gasteiger partial charge in [0.1, 0.15) is 12.0 Å². The number of rotatable bonds is 2. The van der Waals surface area contributed by atoms with E-state index in [1.54, 1.807) is 0 Å². The van der Waals surface area contributed by atoms with Crippen LogP contribution in [0.4, 0.5) is 17.3 Å². The van der Waals surface area contributed by atoms with Crippen molar-refractivity contribution in [3.05, 3.63) is 6.33 Å². The van der Waals surface area contributed by atoms with E-state index in [9.17, 15) is 4.79 Å². The lowest BCUT2D eigenvalue weighted by Gasteiger charge is -2.29. The second kappa shape index (κ2) is 4.17. The molecule has 0 aromatic carbocycles. The third kappa shape index (κ3) is 1.78. The summed E-state index contributed by atoms with van der Waals surface area (Å²) in [7, 11) is 0. The molecule has 7 nitrogen and oxygen atoms in total. The summed E-state index contributed by atoms with van der Waals surface area (Å²) in [5.41, 5.74) is 0.825. The number of fused-ring (bicyclic) bond motifs is 1. The van der Waals surface area contributed by atoms with E-state index in [1.807, 2.05) is 0 Å². The summed E-state index contributed by atoms with van der Waals surface area (Å²) >= 11 is 0. The Balaban J connectivity index is 1.91. The first-order valence-corrected chi connectivity index (χ1v) is 5.67. The maximum Gasteiger partial charge on any atom is 0.162 e. The summed E-state index contributed by atoms with van der Waals surface area (Å²) in [5.74, 6) is 1.57. The number of hydrogen-bond donors (Lipinski definition) is 3. The molecule has 1 atom stereocenters. The molecule has 3 N–H and O–H groups in total. The van der Waals surface area contributed by atoms with E-state index in [2.05, 4.69) is 30.8 Å². The number of carbonyl (C=O) groups excluding carboxylic acids is 1. The Morgan fingerprint density at radius 3 is 2.88 bits per heavy atom. The Hall–Kier alpha value is -1.89. The molecule has 3 heterocycles. The highest BCUT2D eigenvalue weighted by atomic mass is 16.1. The van der Waals surface area contributed by atoms with Gasteiger partial charge in [-0.3, -0.25) is 4.79 Å². The van der Waals surface area contributed by atoms with E-state index in [-0.39, 0.29) is 0 Å². The molecule has 0 aliphatic carbocycles. The van der Waals surface area contributed by atoms with Crippen molar-refractivity contribution in [1.82, 2.24) is 15.3 Å². The third-order valence-electron chi connectivity index (χ3n) is 2.97. The second-order valence-electron chi connectivity index (χ2n) is 4.06. The summed E-state index contributed by atoms with van der Waals surface area (Å²) in [6, 6.07) is 0. The lowest BCUT2D eigenvalue weighted by molar-refractivity contribution is -0.107. The van der Waals surface area contributed by atoms with Crippen molar-refractivity contribution < 1.29 is 4.79 Å². The molecule has 2 aliphatic rings. The molecule has 0 radical (unpaired) electrons. The van der Waals surface area contributed by atoms with Crippen molar-refractivity contribution in [1.29, 1.82) is 0 Å². The average Bonchev–Trinajstić information content (AvgIpc) is 2.82. The number of hydrogen-bond acceptors (Lipinski definition) is 7. The SMILES string of the molecule is O=CC1Nc2ncnc(N3CCNCC3)c2N1. The van der Waals surface area contributed by atoms with Gasteiger partial charge in [-0.1, -0.05) is 0 Å². The molecular formula is C10H14N6O. The highest BCUT2D eigenvalue weighted by Crippen LogP contribution is 2.34. The van der Waals surface area contributed by atoms with Gasteiger partial charge in [-0.25, -0.2) is 9.97 Å². The quantitative estimate of drug-likeness (QED) is 0.581. The summed E-state index contributed by atoms with van der Waals surface area (Å²) in [5, 5.41) is 9.37. The van der Waals surface area contributed by atoms with E-state index >= 15 is 0 Å². The smallest absolute Gasteiger partial charge is 0.162 e. The molecule has 0 bridgehead atoms. The highest BCUT2D eigenvalue weighted by Gasteiger charge is 2.26. The van der Waals surface area contributed by atoms with Gasteiger partial charge >= 0.3 is 0 Å². The van der Waals surface area contributed by atoms with Crippen molar-refractivity contribution in [2.45, 2.75) is 6.17 Å². The van der Waals surface area contributed by atoms with E-state index in [4.69, 9.17) is 0 Å². The number of nitrogens with zero attached hydrogens (tertiary/aromatic N) is 3. The summed E-state index contributed by atoms with van der Waals surface area (Å²) in [6.07, 6.45) is 1.95. The normalized spacial score (nSPS) is 22.6. The van der Waals surface area contributed by atoms with E-state index in [1.165, 1.54) is 6.33 Å². The Morgan fingerprint density at radius 2 is 2.12 bits per heavy atom. The Labute approximate surface area is 98.6 Å². The standard InChI is InChI=1S/C10H14N6O/c17-5-7-14-8-9(15-7)12-6-13-10(8)16-3-1-11-2-4-16/h5-7,11,14H,1-4H2,(H,12,13,15). The minimum Gasteiger partial charge on any atom is -0.353 e. The molecule has 0 spiro atoms. The van der Waals surface area contributed by atoms with Crippen LogP contribution in [0.1, 0.15) is 0 Å². The fourth-order valence-electron chi connectivity index (χ4n) is 2.14. The van der Waals surface area contributed by atoms with Crippen molar-refractivity contribution in [3.63, 3.8) is 0 Å². The van der Waals surface area contributed by atoms with Crippen LogP contribution >= 0.6 is 0 Å². The minimum absolute atomic E-state index is 0.400. The predicted octanol–water partition coefficient (Wildman–Crippen LogP) is -0.751. The van der Waals surface area contributed by atoms with Gasteiger partial charge in [-0.05, 0) is 0 Å². The Morgan fingerprint density at radius 1 is 1.29 bits per heavy atom. The summed E-state index contributed by atoms with van der Waals surface area (Å²) < 4.78 is 0. The maximum atomic E-state index is 10.8. The highest BCUT2D eigenvalue weighted by molar-refractivity contribution is 5.87. The van der Waals surface area contributed by atoms with Gasteiger partial charge in [-0.2, -0.15) is 0 Å². The molecule has 1 aromatic rings. The monoisotopic (exact) mass is 234 g/mol. The molecule has 1 saturated heterocycles. The number of aldehydes is 1. The van der Waals surface area contributed by atoms with Gasteiger partial charge in [0.25, 0.3) is 0 Å². The van der Waals surface area contributed by atoms with Crippen LogP contribution < -0.4 is 20.9 Å². The molecule has 1 fully saturated rings. The number of anilines is 3. The van der Waals surface area contributed by atoms with Crippen LogP contribution in [0.3, 0.4) is 0 Å². The zero-order valence-electron chi connectivity index (χ0n) is 9.31. The van der Waals surface area contributed by atoms with E-state index in [0.29, 0.717) is 5.82 Å². The van der Waals surface area contributed by atoms with Crippen molar-refractivity contribution in [2.24, 2.45) is 0 Å². The van der Waals surface area contributed by atoms with Crippen LogP contribution in [0.2, 0.25) is 0 Å². The first-order valence-electron chi connectivity index (χ1n) is 5.67. The van der Waals surface area contributed by atoms with Crippen molar-refractivity contribution >= 4 is 23.6 Å². The zero-order valence-corrected chi connectivity index (χ0v) is 9.31. The first-order chi connectivity index (χ1) is 8.38. The first kappa shape index (κ1) is 10.3. The van der Waals surface area contributed by atoms with Gasteiger partial charge in [0.05, 0.1) is 0 Å². The molecule has 7 heteroatoms. The average molecular weight is 234 g/mol. The summed E-state index contributed by atoms with van der Waals surface area (Å²) in [6.45, 7) is 3.72. The van der Waals surface area contributed by atoms with E-state index in [0.717, 1.165) is 44.0 Å². The number of aromatic nitrogens is 2. The number of nitrogens with one attached hydrogen (secondary N) is 3. The van der Waals surface area contributed by atoms with Gasteiger partial charge in [-0.15, -0.1) is 0 Å². The van der Waals surface area contributed by atoms with Crippen LogP contribution in [0, 0.1) is 0 Å². The fourth-order valence-corrected chi connectivity index (χ4v) is 2.14. The summed E-state index contributed by atoms with van der Waals surface area (Å²) in [4.78, 5) is 21.4. The van der Waals surface area contributed by atoms with Crippen LogP contribution in [0.15, 0.2) is 6.33 Å². The van der Waals surface area contributed by atoms with Crippen LogP contribution in [-0.4, -0.2) is 48.6 Å². The van der Waals surface area contributed by atoms with Crippen LogP contribution in [-0.2, 0) is 4.79 Å². The van der Waals surface area contributed by atoms with E-state index < -0.39 is 6.17 Å². The van der Waals surface area contributed by atoms with Gasteiger partial charge in [0, 0.05) is 26.2 Å². The number of piperazine rings is 1. The van der Waals surface area contributed by atoms with Gasteiger partial charge in [0.2, 0.25) is 0 Å². The minimum atomic E-state index is -0.400. The molecular weight excluding hydrogens is 220 g/mol. The topological polar surface area (TPSA) is 82.2 Å². The molecule has 3 rings (SSSR count). The Bertz CT molecular complexity index is 431. The van der Waals surface area contributed by atoms with Crippen molar-refractivity contribution in [2.75, 3.05) is 41.7 Å².